The number of likely N-dealkylation sites (tertiary alicyclic amines) is 2. The van der Waals surface area contributed by atoms with Crippen LogP contribution in [-0.4, -0.2) is 83.6 Å². The summed E-state index contributed by atoms with van der Waals surface area (Å²) < 4.78 is 14.1. The number of carbonyl (C=O) groups is 1. The molecular weight excluding hydrogens is 380 g/mol. The highest BCUT2D eigenvalue weighted by Gasteiger charge is 2.40. The Labute approximate surface area is 177 Å². The van der Waals surface area contributed by atoms with Crippen LogP contribution >= 0.6 is 0 Å². The maximum Gasteiger partial charge on any atom is 0.236 e. The lowest BCUT2D eigenvalue weighted by Crippen LogP contribution is -2.43. The molecule has 3 fully saturated rings. The molecule has 0 saturated carbocycles. The van der Waals surface area contributed by atoms with Crippen molar-refractivity contribution in [3.63, 3.8) is 0 Å². The van der Waals surface area contributed by atoms with Crippen molar-refractivity contribution in [2.45, 2.75) is 37.0 Å². The van der Waals surface area contributed by atoms with Gasteiger partial charge >= 0.3 is 0 Å². The van der Waals surface area contributed by atoms with Gasteiger partial charge in [-0.1, -0.05) is 30.3 Å². The smallest absolute Gasteiger partial charge is 0.236 e. The minimum atomic E-state index is -0.0432. The van der Waals surface area contributed by atoms with Crippen LogP contribution in [0.1, 0.15) is 30.4 Å². The number of benzene rings is 1. The molecule has 7 nitrogen and oxygen atoms in total. The summed E-state index contributed by atoms with van der Waals surface area (Å²) in [5.41, 5.74) is 1.42. The Morgan fingerprint density at radius 1 is 1.00 bits per heavy atom. The first kappa shape index (κ1) is 19.7. The lowest BCUT2D eigenvalue weighted by atomic mass is 9.89. The van der Waals surface area contributed by atoms with Gasteiger partial charge < -0.3 is 14.4 Å². The molecule has 0 bridgehead atoms. The van der Waals surface area contributed by atoms with E-state index in [4.69, 9.17) is 9.47 Å². The fourth-order valence-corrected chi connectivity index (χ4v) is 4.88. The highest BCUT2D eigenvalue weighted by molar-refractivity contribution is 5.78. The Balaban J connectivity index is 1.09. The highest BCUT2D eigenvalue weighted by Crippen LogP contribution is 2.28. The molecule has 4 heterocycles. The summed E-state index contributed by atoms with van der Waals surface area (Å²) in [5, 5.41) is 4.29. The van der Waals surface area contributed by atoms with E-state index in [1.54, 1.807) is 6.20 Å². The number of rotatable bonds is 4. The molecule has 0 N–H and O–H groups in total. The normalized spacial score (nSPS) is 26.5. The van der Waals surface area contributed by atoms with Crippen molar-refractivity contribution in [1.29, 1.82) is 0 Å². The van der Waals surface area contributed by atoms with E-state index < -0.39 is 0 Å². The van der Waals surface area contributed by atoms with Gasteiger partial charge in [-0.2, -0.15) is 5.10 Å². The molecule has 3 aliphatic heterocycles. The number of ether oxygens (including phenoxy) is 2. The molecule has 3 saturated heterocycles. The van der Waals surface area contributed by atoms with Crippen LogP contribution in [0.15, 0.2) is 48.8 Å². The molecule has 0 spiro atoms. The van der Waals surface area contributed by atoms with Gasteiger partial charge in [-0.15, -0.1) is 0 Å². The second-order valence-corrected chi connectivity index (χ2v) is 8.64. The zero-order valence-corrected chi connectivity index (χ0v) is 17.3. The summed E-state index contributed by atoms with van der Waals surface area (Å²) >= 11 is 0. The van der Waals surface area contributed by atoms with Crippen LogP contribution in [0.25, 0.3) is 0 Å². The molecule has 1 aromatic heterocycles. The average Bonchev–Trinajstić information content (AvgIpc) is 3.42. The summed E-state index contributed by atoms with van der Waals surface area (Å²) in [7, 11) is 0. The predicted molar refractivity (Wildman–Crippen MR) is 112 cm³/mol. The van der Waals surface area contributed by atoms with Crippen molar-refractivity contribution >= 4 is 5.91 Å². The summed E-state index contributed by atoms with van der Waals surface area (Å²) in [6.45, 7) is 4.83. The van der Waals surface area contributed by atoms with Gasteiger partial charge in [0.2, 0.25) is 5.91 Å². The zero-order chi connectivity index (χ0) is 20.3. The maximum atomic E-state index is 12.9. The Morgan fingerprint density at radius 3 is 2.33 bits per heavy atom. The molecule has 3 aliphatic rings. The highest BCUT2D eigenvalue weighted by atomic mass is 16.6. The minimum absolute atomic E-state index is 0.0432. The van der Waals surface area contributed by atoms with Crippen LogP contribution < -0.4 is 0 Å². The third-order valence-electron chi connectivity index (χ3n) is 6.69. The predicted octanol–water partition coefficient (Wildman–Crippen LogP) is 1.93. The molecule has 2 aromatic rings. The van der Waals surface area contributed by atoms with Gasteiger partial charge in [-0.05, 0) is 43.5 Å². The molecule has 5 rings (SSSR count). The molecule has 0 radical (unpaired) electrons. The molecule has 30 heavy (non-hydrogen) atoms. The second-order valence-electron chi connectivity index (χ2n) is 8.64. The Bertz CT molecular complexity index is 804. The number of piperidine rings is 1. The van der Waals surface area contributed by atoms with E-state index in [2.05, 4.69) is 40.3 Å². The molecule has 7 heteroatoms. The number of amides is 1. The lowest BCUT2D eigenvalue weighted by Gasteiger charge is -2.32. The summed E-state index contributed by atoms with van der Waals surface area (Å²) in [4.78, 5) is 17.1. The van der Waals surface area contributed by atoms with E-state index in [0.717, 1.165) is 25.9 Å². The number of nitrogens with zero attached hydrogens (tertiary/aromatic N) is 4. The van der Waals surface area contributed by atoms with E-state index >= 15 is 0 Å². The van der Waals surface area contributed by atoms with Crippen LogP contribution in [0.4, 0.5) is 0 Å². The molecule has 1 aromatic carbocycles. The number of carbonyl (C=O) groups excluding carboxylic acids is 1. The molecule has 1 amide bonds. The van der Waals surface area contributed by atoms with Gasteiger partial charge in [-0.3, -0.25) is 14.4 Å². The van der Waals surface area contributed by atoms with E-state index in [1.165, 1.54) is 5.56 Å². The quantitative estimate of drug-likeness (QED) is 0.771. The van der Waals surface area contributed by atoms with Gasteiger partial charge in [0.05, 0.1) is 25.8 Å². The van der Waals surface area contributed by atoms with Gasteiger partial charge in [0.15, 0.2) is 0 Å². The molecule has 2 atom stereocenters. The first-order chi connectivity index (χ1) is 14.8. The number of aromatic nitrogens is 2. The van der Waals surface area contributed by atoms with Gasteiger partial charge in [-0.25, -0.2) is 0 Å². The summed E-state index contributed by atoms with van der Waals surface area (Å²) in [5.74, 6) is 0.803. The van der Waals surface area contributed by atoms with Crippen LogP contribution in [-0.2, 0) is 14.3 Å². The van der Waals surface area contributed by atoms with Crippen molar-refractivity contribution in [2.24, 2.45) is 0 Å². The zero-order valence-electron chi connectivity index (χ0n) is 17.3. The number of hydrogen-bond acceptors (Lipinski definition) is 5. The van der Waals surface area contributed by atoms with Crippen molar-refractivity contribution in [1.82, 2.24) is 19.6 Å². The van der Waals surface area contributed by atoms with Gasteiger partial charge in [0.25, 0.3) is 0 Å². The van der Waals surface area contributed by atoms with E-state index in [0.29, 0.717) is 38.8 Å². The standard InChI is InChI=1S/C23H30N4O3/c28-23(15-25-11-7-19(8-12-25)18-5-2-1-3-6-18)26-13-21-22(14-26)30-17-20(16-29-21)27-10-4-9-24-27/h1-6,9-10,19-22H,7-8,11-17H2/t21-,22-/m0/s1. The van der Waals surface area contributed by atoms with Crippen LogP contribution in [0.2, 0.25) is 0 Å². The van der Waals surface area contributed by atoms with Crippen LogP contribution in [0, 0.1) is 0 Å². The average molecular weight is 411 g/mol. The fourth-order valence-electron chi connectivity index (χ4n) is 4.88. The monoisotopic (exact) mass is 410 g/mol. The third kappa shape index (κ3) is 4.29. The summed E-state index contributed by atoms with van der Waals surface area (Å²) in [6.07, 6.45) is 5.86. The minimum Gasteiger partial charge on any atom is -0.371 e. The van der Waals surface area contributed by atoms with Crippen molar-refractivity contribution in [3.05, 3.63) is 54.4 Å². The maximum absolute atomic E-state index is 12.9. The van der Waals surface area contributed by atoms with Crippen molar-refractivity contribution in [3.8, 4) is 0 Å². The first-order valence-corrected chi connectivity index (χ1v) is 11.0. The van der Waals surface area contributed by atoms with Gasteiger partial charge in [0.1, 0.15) is 12.2 Å². The Kier molecular flexibility index (Phi) is 5.84. The first-order valence-electron chi connectivity index (χ1n) is 11.0. The lowest BCUT2D eigenvalue weighted by molar-refractivity contribution is -0.132. The van der Waals surface area contributed by atoms with E-state index in [-0.39, 0.29) is 24.2 Å². The van der Waals surface area contributed by atoms with Gasteiger partial charge in [0, 0.05) is 25.5 Å². The summed E-state index contributed by atoms with van der Waals surface area (Å²) in [6, 6.07) is 12.7. The fraction of sp³-hybridized carbons (Fsp3) is 0.565. The van der Waals surface area contributed by atoms with Crippen LogP contribution in [0.5, 0.6) is 0 Å². The van der Waals surface area contributed by atoms with E-state index in [1.807, 2.05) is 21.8 Å². The number of hydrogen-bond donors (Lipinski definition) is 0. The Morgan fingerprint density at radius 2 is 1.70 bits per heavy atom. The second kappa shape index (κ2) is 8.88. The topological polar surface area (TPSA) is 59.8 Å². The van der Waals surface area contributed by atoms with Crippen LogP contribution in [0.3, 0.4) is 0 Å². The largest absolute Gasteiger partial charge is 0.371 e. The van der Waals surface area contributed by atoms with Crippen molar-refractivity contribution in [2.75, 3.05) is 45.9 Å². The van der Waals surface area contributed by atoms with E-state index in [9.17, 15) is 4.79 Å². The molecular formula is C23H30N4O3. The SMILES string of the molecule is O=C(CN1CCC(c2ccccc2)CC1)N1C[C@@H]2OCC(n3cccn3)CO[C@H]2C1. The molecule has 0 aliphatic carbocycles. The molecule has 160 valence electrons. The molecule has 0 unspecified atom stereocenters. The number of fused-ring (bicyclic) bond motifs is 1. The van der Waals surface area contributed by atoms with Crippen molar-refractivity contribution < 1.29 is 14.3 Å². The Hall–Kier alpha value is -2.22. The third-order valence-corrected chi connectivity index (χ3v) is 6.69.